The highest BCUT2D eigenvalue weighted by atomic mass is 32.1. The van der Waals surface area contributed by atoms with Gasteiger partial charge in [0.25, 0.3) is 0 Å². The molecule has 0 amide bonds. The Kier molecular flexibility index (Phi) is 3.42. The lowest BCUT2D eigenvalue weighted by Gasteiger charge is -2.14. The molecule has 0 unspecified atom stereocenters. The Labute approximate surface area is 105 Å². The van der Waals surface area contributed by atoms with Crippen molar-refractivity contribution in [3.63, 3.8) is 0 Å². The number of fused-ring (bicyclic) bond motifs is 1. The van der Waals surface area contributed by atoms with E-state index in [9.17, 15) is 0 Å². The second kappa shape index (κ2) is 4.83. The van der Waals surface area contributed by atoms with E-state index < -0.39 is 0 Å². The summed E-state index contributed by atoms with van der Waals surface area (Å²) in [5.41, 5.74) is 1.59. The third-order valence-corrected chi connectivity index (χ3v) is 3.27. The first-order chi connectivity index (χ1) is 8.22. The topological polar surface area (TPSA) is 55.7 Å². The number of nitrogens with one attached hydrogen (secondary N) is 1. The van der Waals surface area contributed by atoms with Crippen molar-refractivity contribution in [3.05, 3.63) is 11.1 Å². The predicted molar refractivity (Wildman–Crippen MR) is 68.9 cm³/mol. The molecule has 0 saturated heterocycles. The zero-order valence-corrected chi connectivity index (χ0v) is 11.0. The minimum Gasteiger partial charge on any atom is -0.479 e. The summed E-state index contributed by atoms with van der Waals surface area (Å²) in [5, 5.41) is 0. The van der Waals surface area contributed by atoms with Gasteiger partial charge < -0.3 is 9.72 Å². The maximum atomic E-state index is 5.35. The number of nitrogens with zero attached hydrogens (tertiary/aromatic N) is 3. The highest BCUT2D eigenvalue weighted by molar-refractivity contribution is 7.71. The lowest BCUT2D eigenvalue weighted by Crippen LogP contribution is -2.07. The normalized spacial score (nSPS) is 11.3. The summed E-state index contributed by atoms with van der Waals surface area (Å²) in [6, 6.07) is 0.357. The minimum atomic E-state index is 0.357. The first-order valence-electron chi connectivity index (χ1n) is 5.72. The molecule has 2 aromatic rings. The molecule has 0 aliphatic carbocycles. The second-order valence-corrected chi connectivity index (χ2v) is 4.24. The molecule has 0 aliphatic heterocycles. The molecule has 0 aliphatic rings. The first-order valence-corrected chi connectivity index (χ1v) is 6.12. The maximum absolute atomic E-state index is 5.35. The van der Waals surface area contributed by atoms with Crippen molar-refractivity contribution in [2.75, 3.05) is 7.11 Å². The largest absolute Gasteiger partial charge is 0.479 e. The summed E-state index contributed by atoms with van der Waals surface area (Å²) < 4.78 is 7.92. The van der Waals surface area contributed by atoms with E-state index in [1.807, 2.05) is 0 Å². The number of rotatable bonds is 4. The van der Waals surface area contributed by atoms with E-state index in [0.717, 1.165) is 24.0 Å². The average Bonchev–Trinajstić information content (AvgIpc) is 2.68. The van der Waals surface area contributed by atoms with E-state index >= 15 is 0 Å². The molecule has 0 radical (unpaired) electrons. The van der Waals surface area contributed by atoms with Gasteiger partial charge in [0.2, 0.25) is 5.88 Å². The fraction of sp³-hybridized carbons (Fsp3) is 0.545. The Hall–Kier alpha value is -1.43. The van der Waals surface area contributed by atoms with Crippen molar-refractivity contribution < 1.29 is 4.74 Å². The van der Waals surface area contributed by atoms with Crippen LogP contribution < -0.4 is 4.74 Å². The lowest BCUT2D eigenvalue weighted by molar-refractivity contribution is 0.401. The van der Waals surface area contributed by atoms with Crippen LogP contribution in [0, 0.1) is 4.77 Å². The quantitative estimate of drug-likeness (QED) is 0.850. The number of imidazole rings is 1. The Morgan fingerprint density at radius 1 is 1.41 bits per heavy atom. The van der Waals surface area contributed by atoms with Gasteiger partial charge in [-0.25, -0.2) is 4.98 Å². The molecule has 17 heavy (non-hydrogen) atoms. The predicted octanol–water partition coefficient (Wildman–Crippen LogP) is 2.86. The number of H-pyrrole nitrogens is 1. The van der Waals surface area contributed by atoms with Crippen molar-refractivity contribution >= 4 is 23.4 Å². The van der Waals surface area contributed by atoms with Gasteiger partial charge in [0.15, 0.2) is 10.4 Å². The number of hydrogen-bond donors (Lipinski definition) is 1. The lowest BCUT2D eigenvalue weighted by atomic mass is 10.2. The van der Waals surface area contributed by atoms with E-state index in [2.05, 4.69) is 33.4 Å². The SMILES string of the molecule is CCC(CC)n1c(=S)[nH]c2c(OC)ncnc21. The van der Waals surface area contributed by atoms with Gasteiger partial charge in [-0.15, -0.1) is 0 Å². The number of aromatic nitrogens is 4. The number of hydrogen-bond acceptors (Lipinski definition) is 4. The summed E-state index contributed by atoms with van der Waals surface area (Å²) in [6.07, 6.45) is 3.54. The van der Waals surface area contributed by atoms with Crippen LogP contribution in [-0.2, 0) is 0 Å². The van der Waals surface area contributed by atoms with E-state index in [1.54, 1.807) is 7.11 Å². The van der Waals surface area contributed by atoms with Gasteiger partial charge in [0.05, 0.1) is 7.11 Å². The summed E-state index contributed by atoms with van der Waals surface area (Å²) in [5.74, 6) is 0.533. The summed E-state index contributed by atoms with van der Waals surface area (Å²) in [7, 11) is 1.59. The average molecular weight is 252 g/mol. The number of aromatic amines is 1. The smallest absolute Gasteiger partial charge is 0.242 e. The molecule has 0 bridgehead atoms. The van der Waals surface area contributed by atoms with E-state index in [4.69, 9.17) is 17.0 Å². The molecule has 0 saturated carbocycles. The molecule has 6 heteroatoms. The molecule has 5 nitrogen and oxygen atoms in total. The van der Waals surface area contributed by atoms with Crippen molar-refractivity contribution in [2.45, 2.75) is 32.7 Å². The highest BCUT2D eigenvalue weighted by Crippen LogP contribution is 2.25. The van der Waals surface area contributed by atoms with Gasteiger partial charge >= 0.3 is 0 Å². The molecule has 0 aromatic carbocycles. The third-order valence-electron chi connectivity index (χ3n) is 2.97. The Bertz CT molecular complexity index is 570. The van der Waals surface area contributed by atoms with Crippen molar-refractivity contribution in [1.29, 1.82) is 0 Å². The molecular weight excluding hydrogens is 236 g/mol. The molecule has 1 N–H and O–H groups in total. The van der Waals surface area contributed by atoms with Crippen molar-refractivity contribution in [3.8, 4) is 5.88 Å². The third kappa shape index (κ3) is 1.93. The van der Waals surface area contributed by atoms with Crippen molar-refractivity contribution in [2.24, 2.45) is 0 Å². The maximum Gasteiger partial charge on any atom is 0.242 e. The van der Waals surface area contributed by atoms with Crippen LogP contribution in [0.15, 0.2) is 6.33 Å². The standard InChI is InChI=1S/C11H16N4OS/c1-4-7(5-2)15-9-8(14-11(15)17)10(16-3)13-6-12-9/h6-7H,4-5H2,1-3H3,(H,14,17). The molecule has 0 fully saturated rings. The zero-order valence-electron chi connectivity index (χ0n) is 10.2. The molecule has 0 atom stereocenters. The summed E-state index contributed by atoms with van der Waals surface area (Å²) in [4.78, 5) is 11.5. The molecule has 0 spiro atoms. The van der Waals surface area contributed by atoms with Crippen LogP contribution in [0.5, 0.6) is 5.88 Å². The van der Waals surface area contributed by atoms with Gasteiger partial charge in [-0.1, -0.05) is 13.8 Å². The minimum absolute atomic E-state index is 0.357. The van der Waals surface area contributed by atoms with Crippen LogP contribution in [0.25, 0.3) is 11.2 Å². The number of methoxy groups -OCH3 is 1. The molecule has 2 rings (SSSR count). The van der Waals surface area contributed by atoms with Gasteiger partial charge in [0, 0.05) is 6.04 Å². The van der Waals surface area contributed by atoms with Crippen LogP contribution in [0.4, 0.5) is 0 Å². The Balaban J connectivity index is 2.72. The molecular formula is C11H16N4OS. The molecule has 92 valence electrons. The van der Waals surface area contributed by atoms with Gasteiger partial charge in [-0.05, 0) is 25.1 Å². The Morgan fingerprint density at radius 3 is 2.71 bits per heavy atom. The fourth-order valence-corrected chi connectivity index (χ4v) is 2.40. The summed E-state index contributed by atoms with van der Waals surface area (Å²) >= 11 is 5.35. The number of ether oxygens (including phenoxy) is 1. The van der Waals surface area contributed by atoms with Crippen LogP contribution >= 0.6 is 12.2 Å². The van der Waals surface area contributed by atoms with Crippen LogP contribution in [-0.4, -0.2) is 26.6 Å². The van der Waals surface area contributed by atoms with Gasteiger partial charge in [-0.3, -0.25) is 4.57 Å². The first kappa shape index (κ1) is 12.0. The van der Waals surface area contributed by atoms with E-state index in [1.165, 1.54) is 6.33 Å². The van der Waals surface area contributed by atoms with E-state index in [0.29, 0.717) is 16.7 Å². The van der Waals surface area contributed by atoms with Gasteiger partial charge in [-0.2, -0.15) is 4.98 Å². The Morgan fingerprint density at radius 2 is 2.12 bits per heavy atom. The fourth-order valence-electron chi connectivity index (χ4n) is 2.06. The monoisotopic (exact) mass is 252 g/mol. The van der Waals surface area contributed by atoms with E-state index in [-0.39, 0.29) is 0 Å². The van der Waals surface area contributed by atoms with Crippen molar-refractivity contribution in [1.82, 2.24) is 19.5 Å². The van der Waals surface area contributed by atoms with Gasteiger partial charge in [0.1, 0.15) is 11.8 Å². The second-order valence-electron chi connectivity index (χ2n) is 3.85. The van der Waals surface area contributed by atoms with Crippen LogP contribution in [0.3, 0.4) is 0 Å². The molecule has 2 aromatic heterocycles. The van der Waals surface area contributed by atoms with Crippen LogP contribution in [0.2, 0.25) is 0 Å². The molecule has 2 heterocycles. The zero-order chi connectivity index (χ0) is 12.4. The highest BCUT2D eigenvalue weighted by Gasteiger charge is 2.16. The summed E-state index contributed by atoms with van der Waals surface area (Å²) in [6.45, 7) is 4.29. The van der Waals surface area contributed by atoms with Crippen LogP contribution in [0.1, 0.15) is 32.7 Å².